The number of carbonyl (C=O) groups is 1. The molecule has 9 nitrogen and oxygen atoms in total. The average Bonchev–Trinajstić information content (AvgIpc) is 3.15. The van der Waals surface area contributed by atoms with Gasteiger partial charge in [0.05, 0.1) is 6.61 Å². The Kier molecular flexibility index (Phi) is 5.63. The van der Waals surface area contributed by atoms with E-state index in [4.69, 9.17) is 0 Å². The lowest BCUT2D eigenvalue weighted by molar-refractivity contribution is -0.133. The van der Waals surface area contributed by atoms with Crippen molar-refractivity contribution >= 4 is 22.8 Å². The molecule has 3 aliphatic heterocycles. The van der Waals surface area contributed by atoms with Crippen LogP contribution in [-0.2, 0) is 0 Å². The highest BCUT2D eigenvalue weighted by molar-refractivity contribution is 6.09. The van der Waals surface area contributed by atoms with E-state index >= 15 is 0 Å². The van der Waals surface area contributed by atoms with Crippen molar-refractivity contribution in [1.29, 1.82) is 0 Å². The molecule has 2 aromatic rings. The van der Waals surface area contributed by atoms with Gasteiger partial charge in [0.15, 0.2) is 5.54 Å². The van der Waals surface area contributed by atoms with Gasteiger partial charge in [0.1, 0.15) is 17.1 Å². The number of phenolic OH excluding ortho intramolecular Hbond substituents is 1. The summed E-state index contributed by atoms with van der Waals surface area (Å²) in [6.07, 6.45) is 6.47. The quantitative estimate of drug-likeness (QED) is 0.336. The number of β-amino-alcohol motifs (C(OH)–C–C–N with tert-alkyl or cyclic N) is 1. The molecule has 0 saturated carbocycles. The second-order valence-electron chi connectivity index (χ2n) is 8.16. The molecular weight excluding hydrogens is 448 g/mol. The van der Waals surface area contributed by atoms with Crippen LogP contribution < -0.4 is 27.2 Å². The van der Waals surface area contributed by atoms with Crippen LogP contribution in [0.2, 0.25) is 0 Å². The van der Waals surface area contributed by atoms with E-state index in [0.29, 0.717) is 35.6 Å². The number of aliphatic hydroxyl groups is 1. The van der Waals surface area contributed by atoms with E-state index in [9.17, 15) is 25.4 Å². The molecule has 3 aliphatic rings. The van der Waals surface area contributed by atoms with Gasteiger partial charge in [0.25, 0.3) is 0 Å². The van der Waals surface area contributed by atoms with Gasteiger partial charge in [-0.1, -0.05) is 6.92 Å². The normalized spacial score (nSPS) is 23.8. The number of carbonyl (C=O) groups excluding carboxylic acids is 1. The number of aromatic hydroxyl groups is 1. The van der Waals surface area contributed by atoms with Gasteiger partial charge in [0.2, 0.25) is 17.6 Å². The molecule has 0 amide bonds. The molecule has 0 saturated heterocycles. The molecular formula is C23H25ClN4O5. The Bertz CT molecular complexity index is 1120. The smallest absolute Gasteiger partial charge is 0.246 e. The highest BCUT2D eigenvalue weighted by Crippen LogP contribution is 2.55. The minimum absolute atomic E-state index is 0. The first-order valence-electron chi connectivity index (χ1n) is 10.5. The third kappa shape index (κ3) is 3.05. The fourth-order valence-electron chi connectivity index (χ4n) is 4.91. The topological polar surface area (TPSA) is 108 Å². The highest BCUT2D eigenvalue weighted by atomic mass is 35.5. The Morgan fingerprint density at radius 1 is 1.12 bits per heavy atom. The van der Waals surface area contributed by atoms with Gasteiger partial charge in [-0.25, -0.2) is 0 Å². The molecule has 2 bridgehead atoms. The number of hydrogen-bond acceptors (Lipinski definition) is 8. The first-order chi connectivity index (χ1) is 15.4. The molecule has 0 aromatic heterocycles. The van der Waals surface area contributed by atoms with E-state index in [2.05, 4.69) is 0 Å². The van der Waals surface area contributed by atoms with Crippen molar-refractivity contribution in [3.8, 4) is 5.75 Å². The van der Waals surface area contributed by atoms with Crippen molar-refractivity contribution in [3.05, 3.63) is 72.6 Å². The highest BCUT2D eigenvalue weighted by Gasteiger charge is 2.66. The first-order valence-corrected chi connectivity index (χ1v) is 10.5. The van der Waals surface area contributed by atoms with E-state index < -0.39 is 16.5 Å². The number of nitrogens with zero attached hydrogens (tertiary/aromatic N) is 4. The summed E-state index contributed by atoms with van der Waals surface area (Å²) in [4.78, 5) is 15.8. The van der Waals surface area contributed by atoms with E-state index in [0.717, 1.165) is 5.06 Å². The summed E-state index contributed by atoms with van der Waals surface area (Å²) in [5.41, 5.74) is 0.546. The summed E-state index contributed by atoms with van der Waals surface area (Å²) in [6.45, 7) is 2.16. The second-order valence-corrected chi connectivity index (χ2v) is 8.16. The van der Waals surface area contributed by atoms with Crippen LogP contribution in [0.4, 0.5) is 17.1 Å². The number of Topliss-reactive ketones (excluding diaryl/α,β-unsaturated/α-hetero) is 1. The van der Waals surface area contributed by atoms with Crippen molar-refractivity contribution < 1.29 is 37.8 Å². The molecule has 0 radical (unpaired) electrons. The molecule has 0 spiro atoms. The lowest BCUT2D eigenvalue weighted by Gasteiger charge is -2.46. The fourth-order valence-corrected chi connectivity index (χ4v) is 4.91. The number of aliphatic hydroxyl groups excluding tert-OH is 1. The fraction of sp³-hybridized carbons (Fsp3) is 0.261. The number of hydrogen-bond donors (Lipinski definition) is 4. The second kappa shape index (κ2) is 8.05. The third-order valence-corrected chi connectivity index (χ3v) is 6.42. The Balaban J connectivity index is 0.00000259. The van der Waals surface area contributed by atoms with E-state index in [-0.39, 0.29) is 30.5 Å². The van der Waals surface area contributed by atoms with Crippen molar-refractivity contribution in [2.45, 2.75) is 25.0 Å². The van der Waals surface area contributed by atoms with Crippen LogP contribution in [0, 0.1) is 0 Å². The lowest BCUT2D eigenvalue weighted by atomic mass is 9.86. The van der Waals surface area contributed by atoms with Crippen LogP contribution in [0.25, 0.3) is 0 Å². The number of phenols is 1. The van der Waals surface area contributed by atoms with E-state index in [1.165, 1.54) is 12.1 Å². The van der Waals surface area contributed by atoms with Gasteiger partial charge >= 0.3 is 0 Å². The van der Waals surface area contributed by atoms with Crippen LogP contribution in [0.15, 0.2) is 67.0 Å². The summed E-state index contributed by atoms with van der Waals surface area (Å²) >= 11 is 0. The Morgan fingerprint density at radius 3 is 2.39 bits per heavy atom. The Hall–Kier alpha value is -3.08. The van der Waals surface area contributed by atoms with Crippen LogP contribution in [-0.4, -0.2) is 56.2 Å². The molecule has 4 N–H and O–H groups in total. The zero-order valence-corrected chi connectivity index (χ0v) is 18.7. The van der Waals surface area contributed by atoms with Crippen LogP contribution >= 0.6 is 0 Å². The SMILES string of the molecule is CCC1N(O)c2ccc3cc2[N+]1(O)N3C1(C(=O)c2ccc(O)cc2)C=CN(CCO)C=C1.[Cl-]. The number of benzene rings is 2. The molecule has 3 heterocycles. The van der Waals surface area contributed by atoms with E-state index in [1.807, 2.05) is 6.92 Å². The Morgan fingerprint density at radius 2 is 1.79 bits per heavy atom. The summed E-state index contributed by atoms with van der Waals surface area (Å²) in [5, 5.41) is 44.4. The van der Waals surface area contributed by atoms with Crippen molar-refractivity contribution in [2.75, 3.05) is 23.2 Å². The molecule has 0 fully saturated rings. The minimum Gasteiger partial charge on any atom is -1.00 e. The van der Waals surface area contributed by atoms with Crippen molar-refractivity contribution in [2.24, 2.45) is 0 Å². The number of quaternary nitrogens is 1. The van der Waals surface area contributed by atoms with Gasteiger partial charge in [0, 0.05) is 37.0 Å². The van der Waals surface area contributed by atoms with Crippen molar-refractivity contribution in [3.63, 3.8) is 0 Å². The summed E-state index contributed by atoms with van der Waals surface area (Å²) in [7, 11) is 0. The maximum Gasteiger partial charge on any atom is 0.246 e. The first kappa shape index (κ1) is 23.1. The van der Waals surface area contributed by atoms with E-state index in [1.54, 1.807) is 64.8 Å². The van der Waals surface area contributed by atoms with Gasteiger partial charge in [-0.2, -0.15) is 15.3 Å². The summed E-state index contributed by atoms with van der Waals surface area (Å²) in [5.74, 6) is -0.264. The van der Waals surface area contributed by atoms with Gasteiger partial charge in [-0.15, -0.1) is 0 Å². The van der Waals surface area contributed by atoms with Crippen LogP contribution in [0.5, 0.6) is 5.75 Å². The predicted molar refractivity (Wildman–Crippen MR) is 118 cm³/mol. The van der Waals surface area contributed by atoms with Gasteiger partial charge in [-0.05, 0) is 53.3 Å². The monoisotopic (exact) mass is 472 g/mol. The number of halogens is 1. The molecule has 5 rings (SSSR count). The largest absolute Gasteiger partial charge is 1.00 e. The number of rotatable bonds is 6. The molecule has 2 unspecified atom stereocenters. The van der Waals surface area contributed by atoms with Crippen LogP contribution in [0.1, 0.15) is 23.7 Å². The molecule has 0 aliphatic carbocycles. The number of ketones is 1. The number of hydroxylamine groups is 2. The van der Waals surface area contributed by atoms with Crippen molar-refractivity contribution in [1.82, 2.24) is 9.66 Å². The van der Waals surface area contributed by atoms with Gasteiger partial charge in [-0.3, -0.25) is 10.0 Å². The molecule has 2 aromatic carbocycles. The lowest BCUT2D eigenvalue weighted by Crippen LogP contribution is -3.00. The summed E-state index contributed by atoms with van der Waals surface area (Å²) < 4.78 is -0.761. The predicted octanol–water partition coefficient (Wildman–Crippen LogP) is -0.270. The number of anilines is 2. The van der Waals surface area contributed by atoms with Gasteiger partial charge < -0.3 is 27.5 Å². The summed E-state index contributed by atoms with van der Waals surface area (Å²) in [6, 6.07) is 11.2. The average molecular weight is 473 g/mol. The van der Waals surface area contributed by atoms with Crippen LogP contribution in [0.3, 0.4) is 0 Å². The maximum absolute atomic E-state index is 14.0. The zero-order valence-electron chi connectivity index (χ0n) is 17.9. The maximum atomic E-state index is 14.0. The number of fused-ring (bicyclic) bond motifs is 1. The Labute approximate surface area is 197 Å². The standard InChI is InChI=1S/C23H24N4O5.ClH/c1-2-21-25(31)19-8-5-17-15-20(19)27(21,32)26(17)23(9-11-24(12-10-23)13-14-28)22(30)16-3-6-18(29)7-4-16;/h3-12,15,21,28,31-32H,2,13-14H2,1H3;1H. The zero-order chi connectivity index (χ0) is 22.7. The third-order valence-electron chi connectivity index (χ3n) is 6.42. The minimum atomic E-state index is -1.43. The molecule has 2 atom stereocenters. The molecule has 174 valence electrons. The molecule has 33 heavy (non-hydrogen) atoms. The molecule has 10 heteroatoms.